The fourth-order valence-electron chi connectivity index (χ4n) is 2.02. The van der Waals surface area contributed by atoms with Gasteiger partial charge in [-0.1, -0.05) is 30.3 Å². The highest BCUT2D eigenvalue weighted by molar-refractivity contribution is 14.1. The molecule has 0 heterocycles. The van der Waals surface area contributed by atoms with Crippen LogP contribution >= 0.6 is 45.2 Å². The second kappa shape index (κ2) is 9.48. The van der Waals surface area contributed by atoms with Crippen LogP contribution in [0, 0.1) is 7.14 Å². The van der Waals surface area contributed by atoms with Crippen LogP contribution in [0.4, 0.5) is 0 Å². The highest BCUT2D eigenvalue weighted by atomic mass is 127. The molecule has 5 nitrogen and oxygen atoms in total. The molecule has 0 unspecified atom stereocenters. The lowest BCUT2D eigenvalue weighted by atomic mass is 10.1. The zero-order valence-electron chi connectivity index (χ0n) is 13.7. The highest BCUT2D eigenvalue weighted by Crippen LogP contribution is 2.29. The van der Waals surface area contributed by atoms with Gasteiger partial charge in [0.1, 0.15) is 5.75 Å². The van der Waals surface area contributed by atoms with Gasteiger partial charge in [0.05, 0.1) is 19.5 Å². The van der Waals surface area contributed by atoms with Crippen molar-refractivity contribution in [2.45, 2.75) is 26.1 Å². The molecule has 2 aromatic carbocycles. The van der Waals surface area contributed by atoms with Gasteiger partial charge in [0.25, 0.3) is 5.91 Å². The smallest absolute Gasteiger partial charge is 0.273 e. The lowest BCUT2D eigenvalue weighted by Gasteiger charge is -2.14. The summed E-state index contributed by atoms with van der Waals surface area (Å²) in [5.41, 5.74) is 3.71. The molecule has 0 aliphatic carbocycles. The highest BCUT2D eigenvalue weighted by Gasteiger charge is 2.16. The Bertz CT molecular complexity index is 741. The van der Waals surface area contributed by atoms with Gasteiger partial charge < -0.3 is 9.84 Å². The number of rotatable bonds is 6. The van der Waals surface area contributed by atoms with Gasteiger partial charge in [-0.25, -0.2) is 5.43 Å². The third-order valence-corrected chi connectivity index (χ3v) is 4.73. The van der Waals surface area contributed by atoms with Gasteiger partial charge in [-0.15, -0.1) is 0 Å². The van der Waals surface area contributed by atoms with Crippen LogP contribution in [0.25, 0.3) is 0 Å². The normalized spacial score (nSPS) is 12.4. The van der Waals surface area contributed by atoms with Gasteiger partial charge in [0.15, 0.2) is 6.10 Å². The Hall–Kier alpha value is -1.20. The third kappa shape index (κ3) is 5.93. The average Bonchev–Trinajstić information content (AvgIpc) is 2.58. The molecule has 0 aromatic heterocycles. The molecule has 2 rings (SSSR count). The first-order chi connectivity index (χ1) is 11.9. The Morgan fingerprint density at radius 3 is 2.36 bits per heavy atom. The summed E-state index contributed by atoms with van der Waals surface area (Å²) in [6.07, 6.45) is 0.389. The van der Waals surface area contributed by atoms with Gasteiger partial charge in [0.2, 0.25) is 0 Å². The maximum absolute atomic E-state index is 11.9. The minimum atomic E-state index is -1.25. The van der Waals surface area contributed by atoms with Crippen molar-refractivity contribution in [3.63, 3.8) is 0 Å². The number of aliphatic hydroxyl groups excluding tert-OH is 1. The SMILES string of the molecule is CC(C)Oc1c(I)cc(/C=N\NC(=O)[C@H](O)c2ccccc2)cc1I. The third-order valence-electron chi connectivity index (χ3n) is 3.13. The van der Waals surface area contributed by atoms with E-state index in [9.17, 15) is 9.90 Å². The number of carbonyl (C=O) groups excluding carboxylic acids is 1. The van der Waals surface area contributed by atoms with Crippen molar-refractivity contribution in [3.05, 3.63) is 60.7 Å². The molecule has 0 spiro atoms. The quantitative estimate of drug-likeness (QED) is 0.318. The number of hydrogen-bond acceptors (Lipinski definition) is 4. The van der Waals surface area contributed by atoms with Gasteiger partial charge in [-0.2, -0.15) is 5.10 Å². The first-order valence-corrected chi connectivity index (χ1v) is 9.76. The summed E-state index contributed by atoms with van der Waals surface area (Å²) < 4.78 is 7.73. The van der Waals surface area contributed by atoms with Crippen molar-refractivity contribution in [3.8, 4) is 5.75 Å². The Morgan fingerprint density at radius 1 is 1.20 bits per heavy atom. The van der Waals surface area contributed by atoms with Crippen LogP contribution in [-0.4, -0.2) is 23.3 Å². The molecule has 2 aromatic rings. The molecule has 0 radical (unpaired) electrons. The first kappa shape index (κ1) is 20.1. The topological polar surface area (TPSA) is 70.9 Å². The van der Waals surface area contributed by atoms with Gasteiger partial charge >= 0.3 is 0 Å². The summed E-state index contributed by atoms with van der Waals surface area (Å²) in [5.74, 6) is 0.267. The average molecular weight is 564 g/mol. The number of ether oxygens (including phenoxy) is 1. The molecule has 0 fully saturated rings. The van der Waals surface area contributed by atoms with Crippen LogP contribution in [0.1, 0.15) is 31.1 Å². The number of hydrazone groups is 1. The predicted molar refractivity (Wildman–Crippen MR) is 115 cm³/mol. The molecule has 0 saturated carbocycles. The summed E-state index contributed by atoms with van der Waals surface area (Å²) in [7, 11) is 0. The van der Waals surface area contributed by atoms with E-state index in [1.165, 1.54) is 0 Å². The van der Waals surface area contributed by atoms with E-state index in [2.05, 4.69) is 55.7 Å². The van der Waals surface area contributed by atoms with E-state index in [1.807, 2.05) is 32.0 Å². The van der Waals surface area contributed by atoms with E-state index < -0.39 is 12.0 Å². The minimum absolute atomic E-state index is 0.0975. The van der Waals surface area contributed by atoms with Crippen LogP contribution in [0.15, 0.2) is 47.6 Å². The zero-order chi connectivity index (χ0) is 18.4. The van der Waals surface area contributed by atoms with E-state index >= 15 is 0 Å². The molecular formula is C18H18I2N2O3. The number of hydrogen-bond donors (Lipinski definition) is 2. The molecule has 7 heteroatoms. The molecule has 0 aliphatic heterocycles. The number of halogens is 2. The molecule has 1 atom stereocenters. The van der Waals surface area contributed by atoms with Crippen LogP contribution < -0.4 is 10.2 Å². The summed E-state index contributed by atoms with van der Waals surface area (Å²) in [6.45, 7) is 3.96. The van der Waals surface area contributed by atoms with Crippen molar-refractivity contribution in [1.82, 2.24) is 5.43 Å². The Labute approximate surface area is 174 Å². The van der Waals surface area contributed by atoms with E-state index in [1.54, 1.807) is 30.5 Å². The van der Waals surface area contributed by atoms with Crippen molar-refractivity contribution in [1.29, 1.82) is 0 Å². The molecule has 0 saturated heterocycles. The van der Waals surface area contributed by atoms with E-state index in [4.69, 9.17) is 4.74 Å². The fourth-order valence-corrected chi connectivity index (χ4v) is 4.09. The lowest BCUT2D eigenvalue weighted by Crippen LogP contribution is -2.25. The van der Waals surface area contributed by atoms with Crippen LogP contribution in [0.3, 0.4) is 0 Å². The minimum Gasteiger partial charge on any atom is -0.489 e. The molecule has 1 amide bonds. The number of carbonyl (C=O) groups is 1. The van der Waals surface area contributed by atoms with E-state index in [-0.39, 0.29) is 6.10 Å². The second-order valence-electron chi connectivity index (χ2n) is 5.53. The summed E-state index contributed by atoms with van der Waals surface area (Å²) in [5, 5.41) is 13.9. The van der Waals surface area contributed by atoms with E-state index in [0.717, 1.165) is 18.5 Å². The predicted octanol–water partition coefficient (Wildman–Crippen LogP) is 3.87. The van der Waals surface area contributed by atoms with Gasteiger partial charge in [0, 0.05) is 0 Å². The molecular weight excluding hydrogens is 546 g/mol. The Kier molecular flexibility index (Phi) is 7.63. The largest absolute Gasteiger partial charge is 0.489 e. The maximum Gasteiger partial charge on any atom is 0.273 e. The number of nitrogens with zero attached hydrogens (tertiary/aromatic N) is 1. The second-order valence-corrected chi connectivity index (χ2v) is 7.85. The zero-order valence-corrected chi connectivity index (χ0v) is 18.1. The molecule has 132 valence electrons. The summed E-state index contributed by atoms with van der Waals surface area (Å²) in [6, 6.07) is 12.6. The van der Waals surface area contributed by atoms with Crippen LogP contribution in [-0.2, 0) is 4.79 Å². The first-order valence-electron chi connectivity index (χ1n) is 7.60. The van der Waals surface area contributed by atoms with Crippen molar-refractivity contribution in [2.75, 3.05) is 0 Å². The Morgan fingerprint density at radius 2 is 1.80 bits per heavy atom. The van der Waals surface area contributed by atoms with Gasteiger partial charge in [-0.3, -0.25) is 4.79 Å². The maximum atomic E-state index is 11.9. The number of nitrogens with one attached hydrogen (secondary N) is 1. The fraction of sp³-hybridized carbons (Fsp3) is 0.222. The van der Waals surface area contributed by atoms with Crippen molar-refractivity contribution >= 4 is 57.3 Å². The van der Waals surface area contributed by atoms with Crippen LogP contribution in [0.5, 0.6) is 5.75 Å². The lowest BCUT2D eigenvalue weighted by molar-refractivity contribution is -0.129. The Balaban J connectivity index is 2.03. The summed E-state index contributed by atoms with van der Waals surface area (Å²) in [4.78, 5) is 11.9. The van der Waals surface area contributed by atoms with Crippen molar-refractivity contribution < 1.29 is 14.6 Å². The molecule has 25 heavy (non-hydrogen) atoms. The molecule has 2 N–H and O–H groups in total. The molecule has 0 aliphatic rings. The van der Waals surface area contributed by atoms with Gasteiger partial charge in [-0.05, 0) is 82.3 Å². The summed E-state index contributed by atoms with van der Waals surface area (Å²) >= 11 is 4.42. The number of benzene rings is 2. The van der Waals surface area contributed by atoms with Crippen LogP contribution in [0.2, 0.25) is 0 Å². The molecule has 0 bridgehead atoms. The standard InChI is InChI=1S/C18H18I2N2O3/c1-11(2)25-17-14(19)8-12(9-15(17)20)10-21-22-18(24)16(23)13-6-4-3-5-7-13/h3-11,16,23H,1-2H3,(H,22,24)/b21-10-/t16-/m1/s1. The van der Waals surface area contributed by atoms with E-state index in [0.29, 0.717) is 5.56 Å². The number of aliphatic hydroxyl groups is 1. The number of amides is 1. The monoisotopic (exact) mass is 564 g/mol. The van der Waals surface area contributed by atoms with Crippen molar-refractivity contribution in [2.24, 2.45) is 5.10 Å².